The van der Waals surface area contributed by atoms with E-state index in [1.807, 2.05) is 36.7 Å². The molecule has 4 heterocycles. The Bertz CT molecular complexity index is 1340. The Morgan fingerprint density at radius 2 is 1.79 bits per heavy atom. The summed E-state index contributed by atoms with van der Waals surface area (Å²) in [4.78, 5) is 24.0. The Morgan fingerprint density at radius 1 is 0.897 bits per heavy atom. The number of nitrogens with one attached hydrogen (secondary N) is 1. The topological polar surface area (TPSA) is 70.6 Å². The number of aromatic nitrogens is 5. The molecule has 1 aliphatic heterocycles. The van der Waals surface area contributed by atoms with E-state index >= 15 is 0 Å². The standard InChI is InChI=1S/C23H18N6/c1-2-4-20-17(3-1)12-27-23(28-20)29-13-18(14-29)22-21(25-9-10-26-22)16-5-6-19-15(11-16)7-8-24-19/h1-12,18,24H,13-14H2. The third-order valence-electron chi connectivity index (χ3n) is 5.58. The maximum atomic E-state index is 4.71. The minimum Gasteiger partial charge on any atom is -0.361 e. The van der Waals surface area contributed by atoms with Crippen LogP contribution < -0.4 is 4.90 Å². The first-order chi connectivity index (χ1) is 14.3. The molecule has 0 aliphatic carbocycles. The summed E-state index contributed by atoms with van der Waals surface area (Å²) in [7, 11) is 0. The van der Waals surface area contributed by atoms with Gasteiger partial charge in [-0.25, -0.2) is 9.97 Å². The van der Waals surface area contributed by atoms with Gasteiger partial charge in [-0.3, -0.25) is 9.97 Å². The molecule has 29 heavy (non-hydrogen) atoms. The highest BCUT2D eigenvalue weighted by molar-refractivity contribution is 5.85. The average Bonchev–Trinajstić information content (AvgIpc) is 3.21. The molecule has 1 aliphatic rings. The van der Waals surface area contributed by atoms with Crippen molar-refractivity contribution in [2.45, 2.75) is 5.92 Å². The fourth-order valence-corrected chi connectivity index (χ4v) is 4.00. The van der Waals surface area contributed by atoms with E-state index < -0.39 is 0 Å². The summed E-state index contributed by atoms with van der Waals surface area (Å²) in [6.07, 6.45) is 7.40. The summed E-state index contributed by atoms with van der Waals surface area (Å²) < 4.78 is 0. The molecule has 3 aromatic heterocycles. The highest BCUT2D eigenvalue weighted by atomic mass is 15.3. The van der Waals surface area contributed by atoms with Crippen LogP contribution in [0.5, 0.6) is 0 Å². The molecule has 0 radical (unpaired) electrons. The Labute approximate surface area is 167 Å². The van der Waals surface area contributed by atoms with Crippen molar-refractivity contribution < 1.29 is 0 Å². The number of hydrogen-bond donors (Lipinski definition) is 1. The average molecular weight is 378 g/mol. The summed E-state index contributed by atoms with van der Waals surface area (Å²) in [5.41, 5.74) is 5.20. The van der Waals surface area contributed by atoms with Gasteiger partial charge in [0.25, 0.3) is 0 Å². The number of fused-ring (bicyclic) bond motifs is 2. The molecule has 2 aromatic carbocycles. The number of aromatic amines is 1. The van der Waals surface area contributed by atoms with E-state index in [0.717, 1.165) is 52.4 Å². The van der Waals surface area contributed by atoms with Gasteiger partial charge in [0.2, 0.25) is 5.95 Å². The third kappa shape index (κ3) is 2.72. The van der Waals surface area contributed by atoms with Crippen LogP contribution in [0.15, 0.2) is 73.3 Å². The van der Waals surface area contributed by atoms with Crippen molar-refractivity contribution in [1.29, 1.82) is 0 Å². The lowest BCUT2D eigenvalue weighted by Crippen LogP contribution is -2.46. The van der Waals surface area contributed by atoms with Gasteiger partial charge >= 0.3 is 0 Å². The molecule has 6 heteroatoms. The molecule has 0 atom stereocenters. The van der Waals surface area contributed by atoms with Gasteiger partial charge in [-0.15, -0.1) is 0 Å². The van der Waals surface area contributed by atoms with Gasteiger partial charge in [-0.1, -0.05) is 24.3 Å². The second-order valence-electron chi connectivity index (χ2n) is 7.40. The molecule has 1 saturated heterocycles. The molecule has 140 valence electrons. The highest BCUT2D eigenvalue weighted by Gasteiger charge is 2.33. The van der Waals surface area contributed by atoms with Crippen molar-refractivity contribution in [3.63, 3.8) is 0 Å². The zero-order chi connectivity index (χ0) is 19.2. The number of rotatable bonds is 3. The lowest BCUT2D eigenvalue weighted by atomic mass is 9.92. The van der Waals surface area contributed by atoms with Crippen LogP contribution in [0.4, 0.5) is 5.95 Å². The van der Waals surface area contributed by atoms with E-state index in [-0.39, 0.29) is 0 Å². The summed E-state index contributed by atoms with van der Waals surface area (Å²) in [5.74, 6) is 1.09. The molecular formula is C23H18N6. The van der Waals surface area contributed by atoms with Crippen molar-refractivity contribution in [2.24, 2.45) is 0 Å². The van der Waals surface area contributed by atoms with Crippen molar-refractivity contribution in [2.75, 3.05) is 18.0 Å². The van der Waals surface area contributed by atoms with Gasteiger partial charge in [0.15, 0.2) is 0 Å². The van der Waals surface area contributed by atoms with Crippen LogP contribution in [0.1, 0.15) is 11.6 Å². The normalized spacial score (nSPS) is 14.4. The van der Waals surface area contributed by atoms with Gasteiger partial charge < -0.3 is 9.88 Å². The highest BCUT2D eigenvalue weighted by Crippen LogP contribution is 2.34. The quantitative estimate of drug-likeness (QED) is 0.510. The van der Waals surface area contributed by atoms with Crippen molar-refractivity contribution in [3.05, 3.63) is 79.0 Å². The molecule has 6 nitrogen and oxygen atoms in total. The Kier molecular flexibility index (Phi) is 3.56. The number of benzene rings is 2. The van der Waals surface area contributed by atoms with Crippen LogP contribution in [-0.2, 0) is 0 Å². The van der Waals surface area contributed by atoms with E-state index in [1.165, 1.54) is 5.39 Å². The van der Waals surface area contributed by atoms with Crippen molar-refractivity contribution in [1.82, 2.24) is 24.9 Å². The predicted octanol–water partition coefficient (Wildman–Crippen LogP) is 4.17. The second kappa shape index (κ2) is 6.38. The SMILES string of the molecule is c1ccc2nc(N3CC(c4nccnc4-c4ccc5[nH]ccc5c4)C3)ncc2c1. The molecule has 0 amide bonds. The molecule has 0 spiro atoms. The van der Waals surface area contributed by atoms with Crippen LogP contribution >= 0.6 is 0 Å². The van der Waals surface area contributed by atoms with E-state index in [1.54, 1.807) is 12.4 Å². The number of anilines is 1. The molecular weight excluding hydrogens is 360 g/mol. The van der Waals surface area contributed by atoms with E-state index in [2.05, 4.69) is 49.1 Å². The maximum absolute atomic E-state index is 4.71. The van der Waals surface area contributed by atoms with Gasteiger partial charge in [0.1, 0.15) is 0 Å². The third-order valence-corrected chi connectivity index (χ3v) is 5.58. The number of para-hydroxylation sites is 1. The second-order valence-corrected chi connectivity index (χ2v) is 7.40. The van der Waals surface area contributed by atoms with E-state index in [9.17, 15) is 0 Å². The largest absolute Gasteiger partial charge is 0.361 e. The van der Waals surface area contributed by atoms with Crippen LogP contribution in [-0.4, -0.2) is 38.0 Å². The number of hydrogen-bond acceptors (Lipinski definition) is 5. The fraction of sp³-hybridized carbons (Fsp3) is 0.130. The zero-order valence-corrected chi connectivity index (χ0v) is 15.7. The van der Waals surface area contributed by atoms with Crippen molar-refractivity contribution >= 4 is 27.8 Å². The zero-order valence-electron chi connectivity index (χ0n) is 15.7. The predicted molar refractivity (Wildman–Crippen MR) is 114 cm³/mol. The monoisotopic (exact) mass is 378 g/mol. The molecule has 1 fully saturated rings. The molecule has 1 N–H and O–H groups in total. The molecule has 6 rings (SSSR count). The lowest BCUT2D eigenvalue weighted by molar-refractivity contribution is 0.504. The van der Waals surface area contributed by atoms with Crippen LogP contribution in [0, 0.1) is 0 Å². The number of nitrogens with zero attached hydrogens (tertiary/aromatic N) is 5. The first-order valence-corrected chi connectivity index (χ1v) is 9.70. The Hall–Kier alpha value is -3.80. The van der Waals surface area contributed by atoms with Gasteiger partial charge in [-0.05, 0) is 24.3 Å². The minimum atomic E-state index is 0.315. The summed E-state index contributed by atoms with van der Waals surface area (Å²) >= 11 is 0. The summed E-state index contributed by atoms with van der Waals surface area (Å²) in [5, 5.41) is 2.24. The lowest BCUT2D eigenvalue weighted by Gasteiger charge is -2.39. The molecule has 0 saturated carbocycles. The van der Waals surface area contributed by atoms with Crippen LogP contribution in [0.2, 0.25) is 0 Å². The minimum absolute atomic E-state index is 0.315. The van der Waals surface area contributed by atoms with Gasteiger partial charge in [-0.2, -0.15) is 0 Å². The Balaban J connectivity index is 1.29. The molecule has 0 unspecified atom stereocenters. The van der Waals surface area contributed by atoms with Crippen molar-refractivity contribution in [3.8, 4) is 11.3 Å². The summed E-state index contributed by atoms with van der Waals surface area (Å²) in [6, 6.07) is 16.5. The molecule has 0 bridgehead atoms. The first kappa shape index (κ1) is 16.2. The van der Waals surface area contributed by atoms with Gasteiger partial charge in [0, 0.05) is 65.6 Å². The Morgan fingerprint density at radius 3 is 2.76 bits per heavy atom. The van der Waals surface area contributed by atoms with E-state index in [0.29, 0.717) is 5.92 Å². The fourth-order valence-electron chi connectivity index (χ4n) is 4.00. The maximum Gasteiger partial charge on any atom is 0.225 e. The van der Waals surface area contributed by atoms with Gasteiger partial charge in [0.05, 0.1) is 16.9 Å². The van der Waals surface area contributed by atoms with E-state index in [4.69, 9.17) is 4.98 Å². The van der Waals surface area contributed by atoms with Crippen LogP contribution in [0.25, 0.3) is 33.1 Å². The van der Waals surface area contributed by atoms with Crippen LogP contribution in [0.3, 0.4) is 0 Å². The smallest absolute Gasteiger partial charge is 0.225 e. The molecule has 5 aromatic rings. The first-order valence-electron chi connectivity index (χ1n) is 9.70. The summed E-state index contributed by atoms with van der Waals surface area (Å²) in [6.45, 7) is 1.69. The number of H-pyrrole nitrogens is 1.